The highest BCUT2D eigenvalue weighted by molar-refractivity contribution is 5.91. The molecule has 30 heavy (non-hydrogen) atoms. The van der Waals surface area contributed by atoms with Crippen LogP contribution >= 0.6 is 0 Å². The molecule has 4 rings (SSSR count). The Hall–Kier alpha value is -3.67. The fourth-order valence-electron chi connectivity index (χ4n) is 3.62. The Morgan fingerprint density at radius 2 is 1.80 bits per heavy atom. The van der Waals surface area contributed by atoms with Gasteiger partial charge in [0.15, 0.2) is 0 Å². The zero-order valence-electron chi connectivity index (χ0n) is 17.3. The van der Waals surface area contributed by atoms with E-state index in [4.69, 9.17) is 4.74 Å². The van der Waals surface area contributed by atoms with Crippen molar-refractivity contribution in [3.8, 4) is 0 Å². The van der Waals surface area contributed by atoms with Crippen molar-refractivity contribution >= 4 is 11.6 Å². The van der Waals surface area contributed by atoms with E-state index in [0.717, 1.165) is 22.5 Å². The molecule has 3 aromatic heterocycles. The molecular formula is C24H23N3O3. The van der Waals surface area contributed by atoms with E-state index in [2.05, 4.69) is 21.7 Å². The zero-order valence-corrected chi connectivity index (χ0v) is 17.3. The maximum Gasteiger partial charge on any atom is 0.340 e. The van der Waals surface area contributed by atoms with Crippen LogP contribution in [-0.2, 0) is 17.9 Å². The number of carbonyl (C=O) groups excluding carboxylic acids is 1. The van der Waals surface area contributed by atoms with Gasteiger partial charge in [-0.15, -0.1) is 0 Å². The van der Waals surface area contributed by atoms with Crippen LogP contribution in [0.15, 0.2) is 65.6 Å². The number of fused-ring (bicyclic) bond motifs is 1. The average molecular weight is 401 g/mol. The fourth-order valence-corrected chi connectivity index (χ4v) is 3.62. The van der Waals surface area contributed by atoms with Gasteiger partial charge in [-0.05, 0) is 44.0 Å². The highest BCUT2D eigenvalue weighted by Crippen LogP contribution is 2.19. The molecule has 0 aliphatic carbocycles. The van der Waals surface area contributed by atoms with Crippen LogP contribution in [0.4, 0.5) is 0 Å². The first-order valence-electron chi connectivity index (χ1n) is 9.79. The first kappa shape index (κ1) is 19.6. The van der Waals surface area contributed by atoms with Crippen LogP contribution in [0.3, 0.4) is 0 Å². The summed E-state index contributed by atoms with van der Waals surface area (Å²) in [5, 5.41) is 0. The molecule has 0 aliphatic rings. The predicted octanol–water partition coefficient (Wildman–Crippen LogP) is 3.83. The van der Waals surface area contributed by atoms with E-state index in [1.54, 1.807) is 12.3 Å². The van der Waals surface area contributed by atoms with Crippen molar-refractivity contribution < 1.29 is 9.53 Å². The first-order chi connectivity index (χ1) is 14.4. The van der Waals surface area contributed by atoms with E-state index < -0.39 is 5.97 Å². The van der Waals surface area contributed by atoms with E-state index >= 15 is 0 Å². The van der Waals surface area contributed by atoms with Gasteiger partial charge in [0, 0.05) is 30.2 Å². The third-order valence-electron chi connectivity index (χ3n) is 5.27. The number of carbonyl (C=O) groups is 1. The second-order valence-corrected chi connectivity index (χ2v) is 7.40. The molecule has 6 nitrogen and oxygen atoms in total. The minimum atomic E-state index is -0.422. The molecular weight excluding hydrogens is 378 g/mol. The Kier molecular flexibility index (Phi) is 5.23. The summed E-state index contributed by atoms with van der Waals surface area (Å²) in [6, 6.07) is 17.0. The number of hydrogen-bond donors (Lipinski definition) is 0. The van der Waals surface area contributed by atoms with Crippen LogP contribution in [-0.4, -0.2) is 19.9 Å². The summed E-state index contributed by atoms with van der Waals surface area (Å²) >= 11 is 0. The molecule has 4 aromatic rings. The number of pyridine rings is 1. The van der Waals surface area contributed by atoms with Crippen LogP contribution in [0.1, 0.15) is 38.6 Å². The van der Waals surface area contributed by atoms with Crippen LogP contribution in [0, 0.1) is 20.8 Å². The van der Waals surface area contributed by atoms with Gasteiger partial charge in [0.05, 0.1) is 11.3 Å². The lowest BCUT2D eigenvalue weighted by molar-refractivity contribution is 0.0466. The summed E-state index contributed by atoms with van der Waals surface area (Å²) in [4.78, 5) is 29.5. The van der Waals surface area contributed by atoms with Gasteiger partial charge < -0.3 is 9.30 Å². The van der Waals surface area contributed by atoms with Gasteiger partial charge in [-0.3, -0.25) is 9.20 Å². The minimum absolute atomic E-state index is 0.0543. The van der Waals surface area contributed by atoms with E-state index in [9.17, 15) is 9.59 Å². The summed E-state index contributed by atoms with van der Waals surface area (Å²) in [5.41, 5.74) is 5.21. The highest BCUT2D eigenvalue weighted by Gasteiger charge is 2.18. The Labute approximate surface area is 174 Å². The van der Waals surface area contributed by atoms with Crippen molar-refractivity contribution in [3.63, 3.8) is 0 Å². The molecule has 152 valence electrons. The zero-order chi connectivity index (χ0) is 21.3. The summed E-state index contributed by atoms with van der Waals surface area (Å²) < 4.78 is 9.07. The third-order valence-corrected chi connectivity index (χ3v) is 5.27. The highest BCUT2D eigenvalue weighted by atomic mass is 16.5. The summed E-state index contributed by atoms with van der Waals surface area (Å²) in [5.74, 6) is -0.422. The Morgan fingerprint density at radius 1 is 1.03 bits per heavy atom. The van der Waals surface area contributed by atoms with Crippen molar-refractivity contribution in [1.82, 2.24) is 14.0 Å². The Balaban J connectivity index is 1.54. The molecule has 0 amide bonds. The van der Waals surface area contributed by atoms with Crippen molar-refractivity contribution in [1.29, 1.82) is 0 Å². The van der Waals surface area contributed by atoms with Gasteiger partial charge in [0.2, 0.25) is 0 Å². The minimum Gasteiger partial charge on any atom is -0.456 e. The molecule has 0 unspecified atom stereocenters. The molecule has 0 fully saturated rings. The van der Waals surface area contributed by atoms with E-state index in [0.29, 0.717) is 23.4 Å². The molecule has 6 heteroatoms. The number of aromatic nitrogens is 3. The number of rotatable bonds is 5. The van der Waals surface area contributed by atoms with Gasteiger partial charge in [0.25, 0.3) is 5.56 Å². The molecule has 0 aliphatic heterocycles. The Morgan fingerprint density at radius 3 is 2.57 bits per heavy atom. The normalized spacial score (nSPS) is 11.0. The largest absolute Gasteiger partial charge is 0.456 e. The van der Waals surface area contributed by atoms with Gasteiger partial charge in [0.1, 0.15) is 12.3 Å². The molecule has 0 saturated carbocycles. The van der Waals surface area contributed by atoms with Crippen molar-refractivity contribution in [2.45, 2.75) is 33.9 Å². The fraction of sp³-hybridized carbons (Fsp3) is 0.208. The molecule has 0 atom stereocenters. The average Bonchev–Trinajstić information content (AvgIpc) is 3.02. The predicted molar refractivity (Wildman–Crippen MR) is 115 cm³/mol. The Bertz CT molecular complexity index is 1290. The van der Waals surface area contributed by atoms with E-state index in [1.807, 2.05) is 51.1 Å². The SMILES string of the molecule is Cc1cccn2c(=O)cc(COC(=O)c3cc(C)n(Cc4ccccc4)c3C)nc12. The van der Waals surface area contributed by atoms with Crippen LogP contribution < -0.4 is 5.56 Å². The van der Waals surface area contributed by atoms with Gasteiger partial charge >= 0.3 is 5.97 Å². The topological polar surface area (TPSA) is 65.6 Å². The third kappa shape index (κ3) is 3.76. The van der Waals surface area contributed by atoms with Crippen LogP contribution in [0.5, 0.6) is 0 Å². The number of hydrogen-bond acceptors (Lipinski definition) is 4. The maximum atomic E-state index is 12.7. The number of aryl methyl sites for hydroxylation is 2. The molecule has 0 N–H and O–H groups in total. The lowest BCUT2D eigenvalue weighted by Crippen LogP contribution is -2.17. The second kappa shape index (κ2) is 7.99. The summed E-state index contributed by atoms with van der Waals surface area (Å²) in [7, 11) is 0. The molecule has 1 aromatic carbocycles. The van der Waals surface area contributed by atoms with Crippen molar-refractivity contribution in [3.05, 3.63) is 105 Å². The van der Waals surface area contributed by atoms with Crippen LogP contribution in [0.25, 0.3) is 5.65 Å². The summed E-state index contributed by atoms with van der Waals surface area (Å²) in [6.45, 7) is 6.41. The number of esters is 1. The summed E-state index contributed by atoms with van der Waals surface area (Å²) in [6.07, 6.45) is 1.68. The monoisotopic (exact) mass is 401 g/mol. The number of benzene rings is 1. The standard InChI is InChI=1S/C24H23N3O3/c1-16-8-7-11-26-22(28)13-20(25-23(16)26)15-30-24(29)21-12-17(2)27(18(21)3)14-19-9-5-4-6-10-19/h4-13H,14-15H2,1-3H3. The van der Waals surface area contributed by atoms with E-state index in [1.165, 1.54) is 10.5 Å². The molecule has 0 saturated heterocycles. The molecule has 3 heterocycles. The van der Waals surface area contributed by atoms with Gasteiger partial charge in [-0.25, -0.2) is 9.78 Å². The molecule has 0 spiro atoms. The maximum absolute atomic E-state index is 12.7. The number of nitrogens with zero attached hydrogens (tertiary/aromatic N) is 3. The quantitative estimate of drug-likeness (QED) is 0.477. The lowest BCUT2D eigenvalue weighted by atomic mass is 10.2. The molecule has 0 radical (unpaired) electrons. The van der Waals surface area contributed by atoms with Gasteiger partial charge in [-0.2, -0.15) is 0 Å². The molecule has 0 bridgehead atoms. The van der Waals surface area contributed by atoms with Crippen LogP contribution in [0.2, 0.25) is 0 Å². The smallest absolute Gasteiger partial charge is 0.340 e. The van der Waals surface area contributed by atoms with Crippen molar-refractivity contribution in [2.24, 2.45) is 0 Å². The van der Waals surface area contributed by atoms with E-state index in [-0.39, 0.29) is 12.2 Å². The second-order valence-electron chi connectivity index (χ2n) is 7.40. The van der Waals surface area contributed by atoms with Gasteiger partial charge in [-0.1, -0.05) is 36.4 Å². The van der Waals surface area contributed by atoms with Crippen molar-refractivity contribution in [2.75, 3.05) is 0 Å². The lowest BCUT2D eigenvalue weighted by Gasteiger charge is -2.10. The number of ether oxygens (including phenoxy) is 1. The first-order valence-corrected chi connectivity index (χ1v) is 9.79.